The molecule has 1 aliphatic rings. The zero-order valence-corrected chi connectivity index (χ0v) is 13.8. The van der Waals surface area contributed by atoms with Crippen LogP contribution in [0.25, 0.3) is 0 Å². The van der Waals surface area contributed by atoms with Crippen LogP contribution in [0.15, 0.2) is 18.2 Å². The maximum Gasteiger partial charge on any atom is 0.294 e. The Morgan fingerprint density at radius 3 is 2.57 bits per heavy atom. The summed E-state index contributed by atoms with van der Waals surface area (Å²) in [5.41, 5.74) is 0.00673. The first-order valence-corrected chi connectivity index (χ1v) is 8.51. The number of rotatable bonds is 5. The maximum atomic E-state index is 12.1. The third-order valence-electron chi connectivity index (χ3n) is 4.22. The fourth-order valence-electron chi connectivity index (χ4n) is 2.96. The van der Waals surface area contributed by atoms with E-state index in [0.29, 0.717) is 6.04 Å². The number of halogens is 1. The predicted octanol–water partition coefficient (Wildman–Crippen LogP) is 2.86. The van der Waals surface area contributed by atoms with Gasteiger partial charge in [-0.15, -0.1) is 0 Å². The van der Waals surface area contributed by atoms with Crippen LogP contribution >= 0.6 is 11.6 Å². The van der Waals surface area contributed by atoms with Gasteiger partial charge in [-0.25, -0.2) is 0 Å². The van der Waals surface area contributed by atoms with Gasteiger partial charge < -0.3 is 10.6 Å². The van der Waals surface area contributed by atoms with E-state index in [-0.39, 0.29) is 28.8 Å². The minimum atomic E-state index is -0.542. The summed E-state index contributed by atoms with van der Waals surface area (Å²) in [7, 11) is 0. The molecule has 0 radical (unpaired) electrons. The number of hydrogen-bond donors (Lipinski definition) is 2. The number of anilines is 1. The van der Waals surface area contributed by atoms with Gasteiger partial charge in [-0.05, 0) is 37.8 Å². The molecule has 0 saturated heterocycles. The van der Waals surface area contributed by atoms with E-state index >= 15 is 0 Å². The van der Waals surface area contributed by atoms with Crippen molar-refractivity contribution < 1.29 is 15.0 Å². The molecule has 1 aromatic rings. The van der Waals surface area contributed by atoms with Gasteiger partial charge in [0.15, 0.2) is 6.54 Å². The molecule has 7 heteroatoms. The summed E-state index contributed by atoms with van der Waals surface area (Å²) < 4.78 is 0. The molecule has 6 nitrogen and oxygen atoms in total. The number of amides is 1. The molecule has 0 aliphatic heterocycles. The number of nitro groups is 1. The van der Waals surface area contributed by atoms with Crippen molar-refractivity contribution >= 4 is 28.9 Å². The highest BCUT2D eigenvalue weighted by Gasteiger charge is 2.19. The Balaban J connectivity index is 1.88. The summed E-state index contributed by atoms with van der Waals surface area (Å²) in [4.78, 5) is 22.5. The predicted molar refractivity (Wildman–Crippen MR) is 89.6 cm³/mol. The number of carbonyl (C=O) groups is 1. The fraction of sp³-hybridized carbons (Fsp3) is 0.562. The van der Waals surface area contributed by atoms with Crippen molar-refractivity contribution in [3.63, 3.8) is 0 Å². The Bertz CT molecular complexity index is 558. The third-order valence-corrected chi connectivity index (χ3v) is 4.45. The molecular weight excluding hydrogens is 318 g/mol. The fourth-order valence-corrected chi connectivity index (χ4v) is 3.13. The molecule has 0 spiro atoms. The summed E-state index contributed by atoms with van der Waals surface area (Å²) in [6, 6.07) is 4.72. The van der Waals surface area contributed by atoms with Crippen LogP contribution in [0.2, 0.25) is 5.02 Å². The molecule has 126 valence electrons. The van der Waals surface area contributed by atoms with E-state index in [2.05, 4.69) is 10.6 Å². The van der Waals surface area contributed by atoms with Gasteiger partial charge in [0.2, 0.25) is 0 Å². The van der Waals surface area contributed by atoms with Crippen molar-refractivity contribution in [2.24, 2.45) is 0 Å². The van der Waals surface area contributed by atoms with E-state index in [1.165, 1.54) is 50.3 Å². The molecule has 0 atom stereocenters. The largest absolute Gasteiger partial charge is 0.336 e. The van der Waals surface area contributed by atoms with Crippen molar-refractivity contribution in [2.45, 2.75) is 51.0 Å². The number of benzene rings is 1. The van der Waals surface area contributed by atoms with E-state index < -0.39 is 4.92 Å². The number of hydrogen-bond acceptors (Lipinski definition) is 3. The van der Waals surface area contributed by atoms with Crippen LogP contribution in [0.5, 0.6) is 0 Å². The molecule has 0 bridgehead atoms. The standard InChI is InChI=1S/C16H22ClN3O3/c17-12-8-9-14(15(10-12)20(22)23)19-16(21)11-18-13-6-4-2-1-3-5-7-13/h8-10,13,18H,1-7,11H2,(H,19,21)/p+1. The number of nitrogens with one attached hydrogen (secondary N) is 1. The van der Waals surface area contributed by atoms with Crippen LogP contribution in [0.4, 0.5) is 11.4 Å². The molecule has 23 heavy (non-hydrogen) atoms. The van der Waals surface area contributed by atoms with Gasteiger partial charge in [0.1, 0.15) is 5.69 Å². The highest BCUT2D eigenvalue weighted by molar-refractivity contribution is 6.31. The summed E-state index contributed by atoms with van der Waals surface area (Å²) in [6.07, 6.45) is 8.55. The highest BCUT2D eigenvalue weighted by Crippen LogP contribution is 2.27. The van der Waals surface area contributed by atoms with E-state index in [1.807, 2.05) is 0 Å². The zero-order chi connectivity index (χ0) is 16.7. The van der Waals surface area contributed by atoms with Gasteiger partial charge in [-0.3, -0.25) is 14.9 Å². The van der Waals surface area contributed by atoms with E-state index in [0.717, 1.165) is 12.8 Å². The normalized spacial score (nSPS) is 16.4. The van der Waals surface area contributed by atoms with Gasteiger partial charge in [-0.2, -0.15) is 0 Å². The lowest BCUT2D eigenvalue weighted by Gasteiger charge is -2.18. The Morgan fingerprint density at radius 2 is 1.91 bits per heavy atom. The van der Waals surface area contributed by atoms with Gasteiger partial charge in [0, 0.05) is 11.1 Å². The monoisotopic (exact) mass is 340 g/mol. The van der Waals surface area contributed by atoms with Crippen LogP contribution in [0.3, 0.4) is 0 Å². The number of nitrogens with zero attached hydrogens (tertiary/aromatic N) is 1. The molecular formula is C16H23ClN3O3+. The molecule has 0 unspecified atom stereocenters. The SMILES string of the molecule is O=C(C[NH2+]C1CCCCCCC1)Nc1ccc(Cl)cc1[N+](=O)[O-]. The quantitative estimate of drug-likeness (QED) is 0.638. The summed E-state index contributed by atoms with van der Waals surface area (Å²) in [5.74, 6) is -0.225. The van der Waals surface area contributed by atoms with Gasteiger partial charge in [0.25, 0.3) is 11.6 Å². The average Bonchev–Trinajstić information content (AvgIpc) is 2.47. The first-order valence-electron chi connectivity index (χ1n) is 8.13. The second-order valence-corrected chi connectivity index (χ2v) is 6.45. The Kier molecular flexibility index (Phi) is 6.80. The van der Waals surface area contributed by atoms with E-state index in [4.69, 9.17) is 11.6 Å². The molecule has 0 heterocycles. The zero-order valence-electron chi connectivity index (χ0n) is 13.1. The van der Waals surface area contributed by atoms with Crippen LogP contribution in [-0.4, -0.2) is 23.4 Å². The second kappa shape index (κ2) is 8.84. The lowest BCUT2D eigenvalue weighted by atomic mass is 9.97. The van der Waals surface area contributed by atoms with Crippen molar-refractivity contribution in [1.82, 2.24) is 0 Å². The Morgan fingerprint density at radius 1 is 1.26 bits per heavy atom. The summed E-state index contributed by atoms with van der Waals surface area (Å²) in [6.45, 7) is 0.282. The Hall–Kier alpha value is -1.66. The average molecular weight is 341 g/mol. The van der Waals surface area contributed by atoms with Gasteiger partial charge >= 0.3 is 0 Å². The minimum absolute atomic E-state index is 0.184. The lowest BCUT2D eigenvalue weighted by molar-refractivity contribution is -0.680. The lowest BCUT2D eigenvalue weighted by Crippen LogP contribution is -2.91. The minimum Gasteiger partial charge on any atom is -0.336 e. The molecule has 1 saturated carbocycles. The van der Waals surface area contributed by atoms with Crippen molar-refractivity contribution in [3.05, 3.63) is 33.3 Å². The summed E-state index contributed by atoms with van der Waals surface area (Å²) in [5, 5.41) is 16.0. The summed E-state index contributed by atoms with van der Waals surface area (Å²) >= 11 is 5.77. The molecule has 1 aromatic carbocycles. The highest BCUT2D eigenvalue weighted by atomic mass is 35.5. The van der Waals surface area contributed by atoms with Crippen molar-refractivity contribution in [1.29, 1.82) is 0 Å². The molecule has 1 fully saturated rings. The van der Waals surface area contributed by atoms with Crippen molar-refractivity contribution in [3.8, 4) is 0 Å². The molecule has 1 aliphatic carbocycles. The number of carbonyl (C=O) groups excluding carboxylic acids is 1. The van der Waals surface area contributed by atoms with Crippen LogP contribution in [0.1, 0.15) is 44.9 Å². The van der Waals surface area contributed by atoms with Crippen LogP contribution in [-0.2, 0) is 4.79 Å². The third kappa shape index (κ3) is 5.80. The maximum absolute atomic E-state index is 12.1. The van der Waals surface area contributed by atoms with Crippen molar-refractivity contribution in [2.75, 3.05) is 11.9 Å². The van der Waals surface area contributed by atoms with E-state index in [9.17, 15) is 14.9 Å². The number of nitrogens with two attached hydrogens (primary N) is 1. The van der Waals surface area contributed by atoms with Gasteiger partial charge in [-0.1, -0.05) is 30.9 Å². The van der Waals surface area contributed by atoms with E-state index in [1.54, 1.807) is 0 Å². The number of quaternary nitrogens is 1. The first-order chi connectivity index (χ1) is 11.1. The second-order valence-electron chi connectivity index (χ2n) is 6.01. The van der Waals surface area contributed by atoms with Crippen LogP contribution < -0.4 is 10.6 Å². The number of nitro benzene ring substituents is 1. The van der Waals surface area contributed by atoms with Crippen LogP contribution in [0, 0.1) is 10.1 Å². The molecule has 2 rings (SSSR count). The first kappa shape index (κ1) is 17.7. The topological polar surface area (TPSA) is 88.8 Å². The molecule has 3 N–H and O–H groups in total. The molecule has 0 aromatic heterocycles. The Labute approximate surface area is 140 Å². The smallest absolute Gasteiger partial charge is 0.294 e. The molecule has 1 amide bonds. The van der Waals surface area contributed by atoms with Gasteiger partial charge in [0.05, 0.1) is 11.0 Å².